The van der Waals surface area contributed by atoms with Crippen LogP contribution >= 0.6 is 0 Å². The third-order valence-corrected chi connectivity index (χ3v) is 2.44. The van der Waals surface area contributed by atoms with E-state index in [1.807, 2.05) is 13.0 Å². The van der Waals surface area contributed by atoms with Gasteiger partial charge in [0.2, 0.25) is 5.95 Å². The lowest BCUT2D eigenvalue weighted by Gasteiger charge is -2.06. The van der Waals surface area contributed by atoms with Crippen LogP contribution in [0.5, 0.6) is 0 Å². The molecule has 3 N–H and O–H groups in total. The van der Waals surface area contributed by atoms with Crippen LogP contribution in [0, 0.1) is 19.7 Å². The normalized spacial score (nSPS) is 10.4. The fourth-order valence-corrected chi connectivity index (χ4v) is 1.59. The summed E-state index contributed by atoms with van der Waals surface area (Å²) in [6.45, 7) is 3.57. The molecule has 0 radical (unpaired) electrons. The highest BCUT2D eigenvalue weighted by Crippen LogP contribution is 2.21. The highest BCUT2D eigenvalue weighted by Gasteiger charge is 2.06. The van der Waals surface area contributed by atoms with E-state index in [1.54, 1.807) is 19.1 Å². The monoisotopic (exact) mass is 232 g/mol. The zero-order valence-electron chi connectivity index (χ0n) is 9.66. The van der Waals surface area contributed by atoms with Crippen LogP contribution in [-0.2, 0) is 0 Å². The predicted molar refractivity (Wildman–Crippen MR) is 64.7 cm³/mol. The maximum Gasteiger partial charge on any atom is 0.237 e. The Morgan fingerprint density at radius 3 is 2.59 bits per heavy atom. The molecule has 5 heteroatoms. The molecule has 2 rings (SSSR count). The van der Waals surface area contributed by atoms with Crippen molar-refractivity contribution in [1.82, 2.24) is 9.97 Å². The SMILES string of the molecule is Cc1cc(-c2ccc(F)c(C)c2)nc(NN)n1. The summed E-state index contributed by atoms with van der Waals surface area (Å²) in [4.78, 5) is 8.32. The first-order chi connectivity index (χ1) is 8.10. The minimum Gasteiger partial charge on any atom is -0.292 e. The summed E-state index contributed by atoms with van der Waals surface area (Å²) in [5, 5.41) is 0. The quantitative estimate of drug-likeness (QED) is 0.615. The van der Waals surface area contributed by atoms with Crippen molar-refractivity contribution in [3.05, 3.63) is 41.3 Å². The Hall–Kier alpha value is -2.01. The zero-order chi connectivity index (χ0) is 12.4. The second-order valence-corrected chi connectivity index (χ2v) is 3.83. The molecular weight excluding hydrogens is 219 g/mol. The van der Waals surface area contributed by atoms with E-state index in [0.29, 0.717) is 17.2 Å². The summed E-state index contributed by atoms with van der Waals surface area (Å²) in [7, 11) is 0. The summed E-state index contributed by atoms with van der Waals surface area (Å²) in [6, 6.07) is 6.69. The van der Waals surface area contributed by atoms with Gasteiger partial charge in [0.1, 0.15) is 5.82 Å². The van der Waals surface area contributed by atoms with E-state index in [1.165, 1.54) is 6.07 Å². The van der Waals surface area contributed by atoms with Crippen LogP contribution in [0.3, 0.4) is 0 Å². The maximum absolute atomic E-state index is 13.2. The molecule has 1 aromatic carbocycles. The summed E-state index contributed by atoms with van der Waals surface area (Å²) < 4.78 is 13.2. The van der Waals surface area contributed by atoms with Gasteiger partial charge in [-0.1, -0.05) is 0 Å². The lowest BCUT2D eigenvalue weighted by molar-refractivity contribution is 0.619. The van der Waals surface area contributed by atoms with Crippen molar-refractivity contribution >= 4 is 5.95 Å². The molecule has 1 aromatic heterocycles. The number of nitrogens with one attached hydrogen (secondary N) is 1. The minimum absolute atomic E-state index is 0.225. The van der Waals surface area contributed by atoms with Crippen LogP contribution in [0.25, 0.3) is 11.3 Å². The summed E-state index contributed by atoms with van der Waals surface area (Å²) in [5.41, 5.74) is 5.34. The Morgan fingerprint density at radius 1 is 1.18 bits per heavy atom. The van der Waals surface area contributed by atoms with E-state index in [4.69, 9.17) is 5.84 Å². The standard InChI is InChI=1S/C12H13FN4/c1-7-5-9(3-4-10(7)13)11-6-8(2)15-12(16-11)17-14/h3-6H,14H2,1-2H3,(H,15,16,17). The first-order valence-corrected chi connectivity index (χ1v) is 5.19. The Balaban J connectivity index is 2.52. The van der Waals surface area contributed by atoms with Gasteiger partial charge in [-0.15, -0.1) is 0 Å². The number of hydrazine groups is 1. The highest BCUT2D eigenvalue weighted by atomic mass is 19.1. The Labute approximate surface area is 98.7 Å². The first kappa shape index (κ1) is 11.5. The summed E-state index contributed by atoms with van der Waals surface area (Å²) >= 11 is 0. The molecule has 0 unspecified atom stereocenters. The van der Waals surface area contributed by atoms with Crippen LogP contribution in [0.15, 0.2) is 24.3 Å². The third-order valence-electron chi connectivity index (χ3n) is 2.44. The molecule has 0 aliphatic rings. The topological polar surface area (TPSA) is 63.8 Å². The van der Waals surface area contributed by atoms with Crippen molar-refractivity contribution in [3.8, 4) is 11.3 Å². The second-order valence-electron chi connectivity index (χ2n) is 3.83. The van der Waals surface area contributed by atoms with Crippen LogP contribution in [-0.4, -0.2) is 9.97 Å². The molecule has 0 fully saturated rings. The molecule has 0 atom stereocenters. The third kappa shape index (κ3) is 2.39. The Kier molecular flexibility index (Phi) is 3.01. The van der Waals surface area contributed by atoms with Gasteiger partial charge in [0.05, 0.1) is 5.69 Å². The molecule has 4 nitrogen and oxygen atoms in total. The van der Waals surface area contributed by atoms with Crippen molar-refractivity contribution in [1.29, 1.82) is 0 Å². The van der Waals surface area contributed by atoms with Crippen LogP contribution in [0.4, 0.5) is 10.3 Å². The van der Waals surface area contributed by atoms with Gasteiger partial charge in [0.25, 0.3) is 0 Å². The van der Waals surface area contributed by atoms with E-state index in [-0.39, 0.29) is 5.82 Å². The van der Waals surface area contributed by atoms with Crippen molar-refractivity contribution in [2.75, 3.05) is 5.43 Å². The number of hydrogen-bond donors (Lipinski definition) is 2. The molecule has 0 saturated heterocycles. The average molecular weight is 232 g/mol. The van der Waals surface area contributed by atoms with Gasteiger partial charge >= 0.3 is 0 Å². The number of halogens is 1. The van der Waals surface area contributed by atoms with Gasteiger partial charge < -0.3 is 0 Å². The van der Waals surface area contributed by atoms with Crippen LogP contribution in [0.2, 0.25) is 0 Å². The Morgan fingerprint density at radius 2 is 1.94 bits per heavy atom. The molecule has 0 aliphatic heterocycles. The fourth-order valence-electron chi connectivity index (χ4n) is 1.59. The number of rotatable bonds is 2. The predicted octanol–water partition coefficient (Wildman–Crippen LogP) is 2.19. The lowest BCUT2D eigenvalue weighted by atomic mass is 10.1. The molecule has 0 bridgehead atoms. The molecule has 88 valence electrons. The number of aryl methyl sites for hydroxylation is 2. The van der Waals surface area contributed by atoms with Gasteiger partial charge in [-0.05, 0) is 43.7 Å². The summed E-state index contributed by atoms with van der Waals surface area (Å²) in [6.07, 6.45) is 0. The first-order valence-electron chi connectivity index (χ1n) is 5.19. The number of nitrogens with zero attached hydrogens (tertiary/aromatic N) is 2. The number of anilines is 1. The van der Waals surface area contributed by atoms with E-state index in [0.717, 1.165) is 11.3 Å². The van der Waals surface area contributed by atoms with E-state index in [9.17, 15) is 4.39 Å². The number of nitrogens with two attached hydrogens (primary N) is 1. The van der Waals surface area contributed by atoms with Crippen molar-refractivity contribution in [3.63, 3.8) is 0 Å². The van der Waals surface area contributed by atoms with E-state index in [2.05, 4.69) is 15.4 Å². The van der Waals surface area contributed by atoms with Gasteiger partial charge in [0.15, 0.2) is 0 Å². The number of nitrogen functional groups attached to an aromatic ring is 1. The molecule has 0 aliphatic carbocycles. The Bertz CT molecular complexity index is 554. The maximum atomic E-state index is 13.2. The number of benzene rings is 1. The average Bonchev–Trinajstić information content (AvgIpc) is 2.32. The van der Waals surface area contributed by atoms with E-state index < -0.39 is 0 Å². The lowest BCUT2D eigenvalue weighted by Crippen LogP contribution is -2.11. The van der Waals surface area contributed by atoms with Crippen molar-refractivity contribution < 1.29 is 4.39 Å². The van der Waals surface area contributed by atoms with Crippen LogP contribution < -0.4 is 11.3 Å². The van der Waals surface area contributed by atoms with Gasteiger partial charge in [-0.2, -0.15) is 0 Å². The van der Waals surface area contributed by atoms with Gasteiger partial charge in [-0.25, -0.2) is 20.2 Å². The number of hydrogen-bond acceptors (Lipinski definition) is 4. The smallest absolute Gasteiger partial charge is 0.237 e. The highest BCUT2D eigenvalue weighted by molar-refractivity contribution is 5.61. The molecule has 0 amide bonds. The van der Waals surface area contributed by atoms with Crippen molar-refractivity contribution in [2.24, 2.45) is 5.84 Å². The second kappa shape index (κ2) is 4.47. The molecule has 0 saturated carbocycles. The summed E-state index contributed by atoms with van der Waals surface area (Å²) in [5.74, 6) is 5.41. The van der Waals surface area contributed by atoms with Gasteiger partial charge in [0, 0.05) is 11.3 Å². The fraction of sp³-hybridized carbons (Fsp3) is 0.167. The van der Waals surface area contributed by atoms with E-state index >= 15 is 0 Å². The minimum atomic E-state index is -0.225. The molecular formula is C12H13FN4. The molecule has 17 heavy (non-hydrogen) atoms. The number of aromatic nitrogens is 2. The van der Waals surface area contributed by atoms with Crippen molar-refractivity contribution in [2.45, 2.75) is 13.8 Å². The molecule has 0 spiro atoms. The zero-order valence-corrected chi connectivity index (χ0v) is 9.66. The van der Waals surface area contributed by atoms with Gasteiger partial charge in [-0.3, -0.25) is 5.43 Å². The molecule has 2 aromatic rings. The van der Waals surface area contributed by atoms with Crippen LogP contribution in [0.1, 0.15) is 11.3 Å². The molecule has 1 heterocycles. The largest absolute Gasteiger partial charge is 0.292 e.